The zero-order valence-electron chi connectivity index (χ0n) is 13.7. The predicted molar refractivity (Wildman–Crippen MR) is 86.6 cm³/mol. The summed E-state index contributed by atoms with van der Waals surface area (Å²) in [6, 6.07) is 9.17. The molecule has 1 unspecified atom stereocenters. The molecule has 2 heterocycles. The molecule has 1 aliphatic rings. The number of carbonyl (C=O) groups is 1. The molecule has 8 heteroatoms. The number of carbonyl (C=O) groups excluding carboxylic acids is 1. The summed E-state index contributed by atoms with van der Waals surface area (Å²) in [5, 5.41) is 16.4. The number of rotatable bonds is 4. The van der Waals surface area contributed by atoms with Crippen LogP contribution in [-0.4, -0.2) is 29.9 Å². The van der Waals surface area contributed by atoms with Crippen LogP contribution in [0.5, 0.6) is 11.6 Å². The van der Waals surface area contributed by atoms with Gasteiger partial charge < -0.3 is 19.9 Å². The van der Waals surface area contributed by atoms with E-state index in [1.807, 2.05) is 19.1 Å². The summed E-state index contributed by atoms with van der Waals surface area (Å²) in [5.74, 6) is 0.0696. The van der Waals surface area contributed by atoms with Gasteiger partial charge in [-0.3, -0.25) is 5.10 Å². The Morgan fingerprint density at radius 3 is 2.80 bits per heavy atom. The van der Waals surface area contributed by atoms with Gasteiger partial charge in [0.05, 0.1) is 13.0 Å². The highest BCUT2D eigenvalue weighted by molar-refractivity contribution is 5.70. The lowest BCUT2D eigenvalue weighted by Crippen LogP contribution is -2.21. The Morgan fingerprint density at radius 1 is 1.44 bits per heavy atom. The van der Waals surface area contributed by atoms with Crippen LogP contribution in [0.3, 0.4) is 0 Å². The molecule has 0 fully saturated rings. The van der Waals surface area contributed by atoms with E-state index in [-0.39, 0.29) is 18.4 Å². The maximum Gasteiger partial charge on any atom is 0.343 e. The highest BCUT2D eigenvalue weighted by atomic mass is 16.6. The molecule has 1 atom stereocenters. The van der Waals surface area contributed by atoms with Gasteiger partial charge in [-0.1, -0.05) is 12.1 Å². The largest absolute Gasteiger partial charge is 0.482 e. The third kappa shape index (κ3) is 2.99. The van der Waals surface area contributed by atoms with Gasteiger partial charge in [-0.2, -0.15) is 5.26 Å². The minimum Gasteiger partial charge on any atom is -0.482 e. The lowest BCUT2D eigenvalue weighted by molar-refractivity contribution is -0.142. The van der Waals surface area contributed by atoms with Crippen LogP contribution >= 0.6 is 0 Å². The Morgan fingerprint density at radius 2 is 2.16 bits per heavy atom. The molecule has 3 N–H and O–H groups in total. The molecule has 3 rings (SSSR count). The quantitative estimate of drug-likeness (QED) is 0.808. The van der Waals surface area contributed by atoms with E-state index in [4.69, 9.17) is 15.2 Å². The van der Waals surface area contributed by atoms with E-state index in [1.54, 1.807) is 12.1 Å². The zero-order valence-corrected chi connectivity index (χ0v) is 13.7. The first-order valence-corrected chi connectivity index (χ1v) is 7.47. The molecule has 0 spiro atoms. The molecule has 0 radical (unpaired) electrons. The smallest absolute Gasteiger partial charge is 0.343 e. The molecule has 0 bridgehead atoms. The Labute approximate surface area is 143 Å². The van der Waals surface area contributed by atoms with Crippen LogP contribution in [-0.2, 0) is 9.53 Å². The monoisotopic (exact) mass is 340 g/mol. The van der Waals surface area contributed by atoms with Crippen molar-refractivity contribution in [2.75, 3.05) is 13.7 Å². The van der Waals surface area contributed by atoms with Crippen LogP contribution in [0.15, 0.2) is 35.7 Å². The molecule has 0 saturated heterocycles. The van der Waals surface area contributed by atoms with Crippen LogP contribution in [0.2, 0.25) is 0 Å². The van der Waals surface area contributed by atoms with E-state index in [2.05, 4.69) is 21.0 Å². The van der Waals surface area contributed by atoms with Crippen molar-refractivity contribution in [1.29, 1.82) is 5.26 Å². The number of H-pyrrole nitrogens is 1. The van der Waals surface area contributed by atoms with Crippen molar-refractivity contribution in [2.45, 2.75) is 12.8 Å². The number of hydrogen-bond donors (Lipinski definition) is 2. The maximum absolute atomic E-state index is 11.1. The van der Waals surface area contributed by atoms with Crippen LogP contribution in [0, 0.1) is 18.3 Å². The van der Waals surface area contributed by atoms with E-state index in [9.17, 15) is 10.1 Å². The number of ether oxygens (including phenoxy) is 3. The lowest BCUT2D eigenvalue weighted by Gasteiger charge is -2.23. The van der Waals surface area contributed by atoms with Crippen LogP contribution in [0.1, 0.15) is 22.7 Å². The molecular formula is C17H16N4O4. The van der Waals surface area contributed by atoms with Gasteiger partial charge in [0.1, 0.15) is 17.4 Å². The number of aromatic amines is 1. The third-order valence-corrected chi connectivity index (χ3v) is 3.93. The van der Waals surface area contributed by atoms with Crippen LogP contribution in [0.25, 0.3) is 0 Å². The number of nitriles is 1. The van der Waals surface area contributed by atoms with E-state index in [1.165, 1.54) is 7.11 Å². The van der Waals surface area contributed by atoms with Crippen LogP contribution < -0.4 is 15.2 Å². The summed E-state index contributed by atoms with van der Waals surface area (Å²) in [6.07, 6.45) is 0. The third-order valence-electron chi connectivity index (χ3n) is 3.93. The number of nitrogens with zero attached hydrogens (tertiary/aromatic N) is 2. The van der Waals surface area contributed by atoms with Crippen molar-refractivity contribution < 1.29 is 19.0 Å². The fraction of sp³-hybridized carbons (Fsp3) is 0.235. The van der Waals surface area contributed by atoms with Gasteiger partial charge in [0.2, 0.25) is 11.8 Å². The fourth-order valence-corrected chi connectivity index (χ4v) is 2.69. The standard InChI is InChI=1S/C17H16N4O4/c1-9-14-15(12(7-18)16(19)25-17(14)21-20-9)10-3-5-11(6-4-10)24-8-13(22)23-2/h3-6,15H,8,19H2,1-2H3,(H,20,21). The van der Waals surface area contributed by atoms with Gasteiger partial charge in [-0.15, -0.1) is 5.10 Å². The summed E-state index contributed by atoms with van der Waals surface area (Å²) in [5.41, 5.74) is 8.59. The van der Waals surface area contributed by atoms with Crippen molar-refractivity contribution in [3.63, 3.8) is 0 Å². The van der Waals surface area contributed by atoms with Crippen molar-refractivity contribution in [2.24, 2.45) is 5.73 Å². The minimum absolute atomic E-state index is 0.0394. The molecular weight excluding hydrogens is 324 g/mol. The highest BCUT2D eigenvalue weighted by Crippen LogP contribution is 2.42. The molecule has 1 aromatic heterocycles. The first-order chi connectivity index (χ1) is 12.0. The average Bonchev–Trinajstić information content (AvgIpc) is 2.99. The molecule has 128 valence electrons. The molecule has 2 aromatic rings. The Hall–Kier alpha value is -3.47. The molecule has 1 aliphatic heterocycles. The fourth-order valence-electron chi connectivity index (χ4n) is 2.69. The van der Waals surface area contributed by atoms with Crippen LogP contribution in [0.4, 0.5) is 0 Å². The maximum atomic E-state index is 11.1. The van der Waals surface area contributed by atoms with Gasteiger partial charge in [0.15, 0.2) is 6.61 Å². The topological polar surface area (TPSA) is 123 Å². The Kier molecular flexibility index (Phi) is 4.31. The van der Waals surface area contributed by atoms with E-state index in [0.717, 1.165) is 16.8 Å². The van der Waals surface area contributed by atoms with Gasteiger partial charge >= 0.3 is 5.97 Å². The van der Waals surface area contributed by atoms with Crippen molar-refractivity contribution in [3.8, 4) is 17.7 Å². The first-order valence-electron chi connectivity index (χ1n) is 7.47. The van der Waals surface area contributed by atoms with Gasteiger partial charge in [0.25, 0.3) is 0 Å². The molecule has 8 nitrogen and oxygen atoms in total. The van der Waals surface area contributed by atoms with Crippen molar-refractivity contribution >= 4 is 5.97 Å². The number of esters is 1. The molecule has 25 heavy (non-hydrogen) atoms. The SMILES string of the molecule is COC(=O)COc1ccc(C2C(C#N)=C(N)Oc3n[nH]c(C)c32)cc1. The predicted octanol–water partition coefficient (Wildman–Crippen LogP) is 1.49. The summed E-state index contributed by atoms with van der Waals surface area (Å²) in [4.78, 5) is 11.1. The van der Waals surface area contributed by atoms with Crippen molar-refractivity contribution in [1.82, 2.24) is 10.2 Å². The lowest BCUT2D eigenvalue weighted by atomic mass is 9.84. The molecule has 0 saturated carbocycles. The first kappa shape index (κ1) is 16.4. The van der Waals surface area contributed by atoms with Gasteiger partial charge in [0, 0.05) is 11.3 Å². The van der Waals surface area contributed by atoms with E-state index >= 15 is 0 Å². The number of fused-ring (bicyclic) bond motifs is 1. The van der Waals surface area contributed by atoms with Gasteiger partial charge in [-0.25, -0.2) is 4.79 Å². The van der Waals surface area contributed by atoms with Gasteiger partial charge in [-0.05, 0) is 24.6 Å². The number of methoxy groups -OCH3 is 1. The zero-order chi connectivity index (χ0) is 18.0. The summed E-state index contributed by atoms with van der Waals surface area (Å²) >= 11 is 0. The van der Waals surface area contributed by atoms with E-state index < -0.39 is 5.97 Å². The average molecular weight is 340 g/mol. The second kappa shape index (κ2) is 6.57. The number of aromatic nitrogens is 2. The van der Waals surface area contributed by atoms with E-state index in [0.29, 0.717) is 17.2 Å². The minimum atomic E-state index is -0.463. The number of aryl methyl sites for hydroxylation is 1. The second-order valence-electron chi connectivity index (χ2n) is 5.43. The molecule has 1 aromatic carbocycles. The van der Waals surface area contributed by atoms with Crippen molar-refractivity contribution in [3.05, 3.63) is 52.5 Å². The summed E-state index contributed by atoms with van der Waals surface area (Å²) in [6.45, 7) is 1.68. The number of benzene rings is 1. The number of nitrogens with two attached hydrogens (primary N) is 1. The summed E-state index contributed by atoms with van der Waals surface area (Å²) in [7, 11) is 1.30. The normalized spacial score (nSPS) is 15.8. The Bertz CT molecular complexity index is 877. The molecule has 0 aliphatic carbocycles. The molecule has 0 amide bonds. The highest BCUT2D eigenvalue weighted by Gasteiger charge is 2.34. The Balaban J connectivity index is 1.93. The second-order valence-corrected chi connectivity index (χ2v) is 5.43. The summed E-state index contributed by atoms with van der Waals surface area (Å²) < 4.78 is 15.3. The number of hydrogen-bond acceptors (Lipinski definition) is 7. The number of allylic oxidation sites excluding steroid dienone is 1. The number of nitrogens with one attached hydrogen (secondary N) is 1.